The van der Waals surface area contributed by atoms with Crippen molar-refractivity contribution in [2.24, 2.45) is 0 Å². The number of aliphatic carboxylic acids is 1. The Labute approximate surface area is 118 Å². The third kappa shape index (κ3) is 7.48. The summed E-state index contributed by atoms with van der Waals surface area (Å²) in [6.45, 7) is 6.37. The van der Waals surface area contributed by atoms with E-state index in [9.17, 15) is 4.79 Å². The van der Waals surface area contributed by atoms with Crippen LogP contribution >= 0.6 is 23.5 Å². The highest BCUT2D eigenvalue weighted by Crippen LogP contribution is 2.10. The second-order valence-electron chi connectivity index (χ2n) is 4.20. The Morgan fingerprint density at radius 2 is 2.11 bits per heavy atom. The van der Waals surface area contributed by atoms with Crippen molar-refractivity contribution in [1.29, 1.82) is 0 Å². The summed E-state index contributed by atoms with van der Waals surface area (Å²) in [7, 11) is 0. The number of hydrogen-bond donors (Lipinski definition) is 2. The van der Waals surface area contributed by atoms with E-state index in [4.69, 9.17) is 5.11 Å². The summed E-state index contributed by atoms with van der Waals surface area (Å²) in [5.74, 6) is 2.41. The molecule has 1 heterocycles. The van der Waals surface area contributed by atoms with Gasteiger partial charge in [-0.15, -0.1) is 23.5 Å². The monoisotopic (exact) mass is 293 g/mol. The van der Waals surface area contributed by atoms with Crippen molar-refractivity contribution in [2.75, 3.05) is 49.7 Å². The fourth-order valence-electron chi connectivity index (χ4n) is 1.81. The summed E-state index contributed by atoms with van der Waals surface area (Å²) in [6, 6.07) is 0. The number of carboxylic acids is 1. The lowest BCUT2D eigenvalue weighted by Crippen LogP contribution is -2.47. The summed E-state index contributed by atoms with van der Waals surface area (Å²) >= 11 is 3.37. The van der Waals surface area contributed by atoms with Gasteiger partial charge in [-0.05, 0) is 12.2 Å². The van der Waals surface area contributed by atoms with Gasteiger partial charge in [0.15, 0.2) is 0 Å². The standard InChI is InChI=1S/C11H23N3O2S2/c1-2-17-10-14-5-3-4-13(9-14)7-12-8-18-6-11(15)16/h12H,2-10H2,1H3,(H,15,16). The van der Waals surface area contributed by atoms with Crippen molar-refractivity contribution in [2.45, 2.75) is 13.3 Å². The van der Waals surface area contributed by atoms with E-state index in [2.05, 4.69) is 22.0 Å². The van der Waals surface area contributed by atoms with Gasteiger partial charge in [0, 0.05) is 31.5 Å². The smallest absolute Gasteiger partial charge is 0.313 e. The molecule has 0 spiro atoms. The number of nitrogens with zero attached hydrogens (tertiary/aromatic N) is 2. The van der Waals surface area contributed by atoms with E-state index in [0.717, 1.165) is 25.8 Å². The lowest BCUT2D eigenvalue weighted by Gasteiger charge is -2.35. The lowest BCUT2D eigenvalue weighted by atomic mass is 10.3. The van der Waals surface area contributed by atoms with E-state index >= 15 is 0 Å². The van der Waals surface area contributed by atoms with E-state index in [1.54, 1.807) is 0 Å². The van der Waals surface area contributed by atoms with Gasteiger partial charge in [0.2, 0.25) is 0 Å². The van der Waals surface area contributed by atoms with Crippen LogP contribution in [0.15, 0.2) is 0 Å². The van der Waals surface area contributed by atoms with Crippen molar-refractivity contribution in [3.8, 4) is 0 Å². The summed E-state index contributed by atoms with van der Waals surface area (Å²) in [5, 5.41) is 11.8. The number of hydrogen-bond acceptors (Lipinski definition) is 6. The van der Waals surface area contributed by atoms with Gasteiger partial charge in [0.25, 0.3) is 0 Å². The van der Waals surface area contributed by atoms with Crippen LogP contribution in [0, 0.1) is 0 Å². The minimum Gasteiger partial charge on any atom is -0.481 e. The topological polar surface area (TPSA) is 55.8 Å². The van der Waals surface area contributed by atoms with Crippen molar-refractivity contribution in [3.63, 3.8) is 0 Å². The molecule has 1 rings (SSSR count). The van der Waals surface area contributed by atoms with E-state index in [0.29, 0.717) is 5.88 Å². The highest BCUT2D eigenvalue weighted by atomic mass is 32.2. The molecular weight excluding hydrogens is 270 g/mol. The molecule has 0 aromatic carbocycles. The third-order valence-corrected chi connectivity index (χ3v) is 4.41. The second kappa shape index (κ2) is 9.91. The molecule has 0 aliphatic carbocycles. The van der Waals surface area contributed by atoms with E-state index in [-0.39, 0.29) is 5.75 Å². The molecule has 7 heteroatoms. The number of nitrogens with one attached hydrogen (secondary N) is 1. The molecule has 1 fully saturated rings. The van der Waals surface area contributed by atoms with Crippen LogP contribution in [0.4, 0.5) is 0 Å². The average Bonchev–Trinajstić information content (AvgIpc) is 2.36. The van der Waals surface area contributed by atoms with Gasteiger partial charge in [-0.1, -0.05) is 6.92 Å². The van der Waals surface area contributed by atoms with E-state index in [1.807, 2.05) is 11.8 Å². The zero-order valence-corrected chi connectivity index (χ0v) is 12.6. The van der Waals surface area contributed by atoms with Crippen LogP contribution in [0.3, 0.4) is 0 Å². The number of carbonyl (C=O) groups is 1. The molecule has 0 radical (unpaired) electrons. The molecule has 0 unspecified atom stereocenters. The Morgan fingerprint density at radius 1 is 1.33 bits per heavy atom. The first kappa shape index (κ1) is 16.1. The molecule has 0 aromatic heterocycles. The highest BCUT2D eigenvalue weighted by molar-refractivity contribution is 7.99. The van der Waals surface area contributed by atoms with E-state index < -0.39 is 5.97 Å². The Hall–Kier alpha value is 0.0500. The van der Waals surface area contributed by atoms with Gasteiger partial charge < -0.3 is 5.11 Å². The SMILES string of the molecule is CCSCN1CCCN(CNCSCC(=O)O)C1. The van der Waals surface area contributed by atoms with Gasteiger partial charge in [0.05, 0.1) is 12.4 Å². The quantitative estimate of drug-likeness (QED) is 0.485. The van der Waals surface area contributed by atoms with Crippen LogP contribution in [0.1, 0.15) is 13.3 Å². The first-order chi connectivity index (χ1) is 8.72. The zero-order valence-electron chi connectivity index (χ0n) is 10.9. The summed E-state index contributed by atoms with van der Waals surface area (Å²) in [5.41, 5.74) is 0. The first-order valence-corrected chi connectivity index (χ1v) is 8.56. The van der Waals surface area contributed by atoms with Crippen LogP contribution in [-0.4, -0.2) is 70.6 Å². The summed E-state index contributed by atoms with van der Waals surface area (Å²) < 4.78 is 0. The average molecular weight is 293 g/mol. The summed E-state index contributed by atoms with van der Waals surface area (Å²) in [6.07, 6.45) is 1.22. The largest absolute Gasteiger partial charge is 0.481 e. The Balaban J connectivity index is 2.05. The van der Waals surface area contributed by atoms with Crippen LogP contribution in [0.25, 0.3) is 0 Å². The molecule has 0 aromatic rings. The van der Waals surface area contributed by atoms with Crippen LogP contribution in [0.2, 0.25) is 0 Å². The van der Waals surface area contributed by atoms with Crippen LogP contribution in [-0.2, 0) is 4.79 Å². The van der Waals surface area contributed by atoms with Crippen molar-refractivity contribution < 1.29 is 9.90 Å². The molecule has 0 saturated carbocycles. The molecule has 1 aliphatic heterocycles. The van der Waals surface area contributed by atoms with Gasteiger partial charge in [0.1, 0.15) is 0 Å². The van der Waals surface area contributed by atoms with Crippen LogP contribution < -0.4 is 5.32 Å². The second-order valence-corrected chi connectivity index (χ2v) is 6.43. The molecule has 0 amide bonds. The van der Waals surface area contributed by atoms with Gasteiger partial charge >= 0.3 is 5.97 Å². The van der Waals surface area contributed by atoms with E-state index in [1.165, 1.54) is 30.5 Å². The normalized spacial score (nSPS) is 18.1. The minimum absolute atomic E-state index is 0.173. The molecule has 1 aliphatic rings. The molecule has 18 heavy (non-hydrogen) atoms. The van der Waals surface area contributed by atoms with Crippen molar-refractivity contribution in [3.05, 3.63) is 0 Å². The molecule has 5 nitrogen and oxygen atoms in total. The minimum atomic E-state index is -0.748. The maximum atomic E-state index is 10.3. The number of thioether (sulfide) groups is 2. The molecule has 106 valence electrons. The Morgan fingerprint density at radius 3 is 2.83 bits per heavy atom. The molecule has 2 N–H and O–H groups in total. The summed E-state index contributed by atoms with van der Waals surface area (Å²) in [4.78, 5) is 15.2. The lowest BCUT2D eigenvalue weighted by molar-refractivity contribution is -0.133. The molecule has 0 bridgehead atoms. The zero-order chi connectivity index (χ0) is 13.2. The predicted octanol–water partition coefficient (Wildman–Crippen LogP) is 0.985. The maximum absolute atomic E-state index is 10.3. The highest BCUT2D eigenvalue weighted by Gasteiger charge is 2.16. The third-order valence-electron chi connectivity index (χ3n) is 2.59. The Bertz CT molecular complexity index is 244. The van der Waals surface area contributed by atoms with Gasteiger partial charge in [-0.2, -0.15) is 0 Å². The number of carboxylic acid groups (broad SMARTS) is 1. The Kier molecular flexibility index (Phi) is 8.87. The maximum Gasteiger partial charge on any atom is 0.313 e. The van der Waals surface area contributed by atoms with Crippen molar-refractivity contribution >= 4 is 29.5 Å². The predicted molar refractivity (Wildman–Crippen MR) is 78.9 cm³/mol. The molecule has 0 atom stereocenters. The fourth-order valence-corrected chi connectivity index (χ4v) is 2.98. The van der Waals surface area contributed by atoms with Crippen LogP contribution in [0.5, 0.6) is 0 Å². The van der Waals surface area contributed by atoms with Gasteiger partial charge in [-0.25, -0.2) is 0 Å². The first-order valence-electron chi connectivity index (χ1n) is 6.25. The fraction of sp³-hybridized carbons (Fsp3) is 0.909. The molecule has 1 saturated heterocycles. The molecular formula is C11H23N3O2S2. The number of rotatable bonds is 9. The van der Waals surface area contributed by atoms with Crippen molar-refractivity contribution in [1.82, 2.24) is 15.1 Å². The van der Waals surface area contributed by atoms with Gasteiger partial charge in [-0.3, -0.25) is 19.9 Å².